The van der Waals surface area contributed by atoms with Crippen LogP contribution in [0.2, 0.25) is 10.0 Å². The number of nitrogens with zero attached hydrogens (tertiary/aromatic N) is 2. The van der Waals surface area contributed by atoms with Crippen molar-refractivity contribution in [1.82, 2.24) is 10.2 Å². The van der Waals surface area contributed by atoms with Crippen molar-refractivity contribution in [3.63, 3.8) is 0 Å². The van der Waals surface area contributed by atoms with Gasteiger partial charge in [-0.15, -0.1) is 0 Å². The standard InChI is InChI=1S/C29H33Cl2N3O5S/c1-4-27(29(36)32-5-2)33(19-21-12-13-22(30)18-26(21)31)28(35)20-34(23-14-16-24(17-15-23)39-6-3)40(37,38)25-10-8-7-9-11-25/h7-18,27H,4-6,19-20H2,1-3H3,(H,32,36)/t27-/m1/s1. The highest BCUT2D eigenvalue weighted by Crippen LogP contribution is 2.28. The summed E-state index contributed by atoms with van der Waals surface area (Å²) in [6.45, 7) is 5.67. The van der Waals surface area contributed by atoms with E-state index in [1.165, 1.54) is 17.0 Å². The van der Waals surface area contributed by atoms with Crippen molar-refractivity contribution in [2.75, 3.05) is 24.0 Å². The summed E-state index contributed by atoms with van der Waals surface area (Å²) < 4.78 is 34.2. The third kappa shape index (κ3) is 7.68. The predicted molar refractivity (Wildman–Crippen MR) is 158 cm³/mol. The van der Waals surface area contributed by atoms with Gasteiger partial charge in [-0.3, -0.25) is 13.9 Å². The topological polar surface area (TPSA) is 96.0 Å². The Morgan fingerprint density at radius 1 is 0.950 bits per heavy atom. The van der Waals surface area contributed by atoms with Crippen LogP contribution in [-0.2, 0) is 26.2 Å². The summed E-state index contributed by atoms with van der Waals surface area (Å²) >= 11 is 12.5. The van der Waals surface area contributed by atoms with Crippen molar-refractivity contribution >= 4 is 50.7 Å². The van der Waals surface area contributed by atoms with E-state index in [2.05, 4.69) is 5.32 Å². The molecule has 214 valence electrons. The first-order chi connectivity index (χ1) is 19.1. The Kier molecular flexibility index (Phi) is 11.2. The van der Waals surface area contributed by atoms with E-state index in [0.717, 1.165) is 4.31 Å². The second-order valence-electron chi connectivity index (χ2n) is 8.83. The van der Waals surface area contributed by atoms with Crippen LogP contribution in [0.25, 0.3) is 0 Å². The molecule has 0 heterocycles. The molecule has 0 unspecified atom stereocenters. The molecule has 0 spiro atoms. The number of rotatable bonds is 13. The molecular weight excluding hydrogens is 573 g/mol. The summed E-state index contributed by atoms with van der Waals surface area (Å²) in [6, 6.07) is 18.3. The molecule has 0 aromatic heterocycles. The fourth-order valence-electron chi connectivity index (χ4n) is 4.17. The highest BCUT2D eigenvalue weighted by Gasteiger charge is 2.33. The number of carbonyl (C=O) groups excluding carboxylic acids is 2. The molecule has 2 amide bonds. The molecule has 0 aliphatic heterocycles. The third-order valence-electron chi connectivity index (χ3n) is 6.14. The van der Waals surface area contributed by atoms with E-state index in [4.69, 9.17) is 27.9 Å². The van der Waals surface area contributed by atoms with E-state index in [1.54, 1.807) is 74.5 Å². The fourth-order valence-corrected chi connectivity index (χ4v) is 6.07. The summed E-state index contributed by atoms with van der Waals surface area (Å²) in [5.41, 5.74) is 0.844. The van der Waals surface area contributed by atoms with E-state index in [9.17, 15) is 18.0 Å². The molecule has 0 fully saturated rings. The molecular formula is C29H33Cl2N3O5S. The van der Waals surface area contributed by atoms with Crippen molar-refractivity contribution in [3.8, 4) is 5.75 Å². The lowest BCUT2D eigenvalue weighted by Crippen LogP contribution is -2.52. The zero-order chi connectivity index (χ0) is 29.3. The number of nitrogens with one attached hydrogen (secondary N) is 1. The normalized spacial score (nSPS) is 11.9. The number of ether oxygens (including phenoxy) is 1. The van der Waals surface area contributed by atoms with Crippen LogP contribution in [0.5, 0.6) is 5.75 Å². The van der Waals surface area contributed by atoms with Gasteiger partial charge in [-0.25, -0.2) is 8.42 Å². The number of anilines is 1. The maximum absolute atomic E-state index is 14.0. The molecule has 3 rings (SSSR count). The predicted octanol–water partition coefficient (Wildman–Crippen LogP) is 5.53. The smallest absolute Gasteiger partial charge is 0.264 e. The van der Waals surface area contributed by atoms with E-state index < -0.39 is 28.5 Å². The molecule has 40 heavy (non-hydrogen) atoms. The molecule has 0 bridgehead atoms. The Morgan fingerprint density at radius 3 is 2.20 bits per heavy atom. The summed E-state index contributed by atoms with van der Waals surface area (Å²) in [4.78, 5) is 28.4. The molecule has 0 aliphatic carbocycles. The van der Waals surface area contributed by atoms with E-state index in [0.29, 0.717) is 40.9 Å². The molecule has 0 aliphatic rings. The SMILES string of the molecule is CCNC(=O)[C@@H](CC)N(Cc1ccc(Cl)cc1Cl)C(=O)CN(c1ccc(OCC)cc1)S(=O)(=O)c1ccccc1. The molecule has 0 radical (unpaired) electrons. The molecule has 1 atom stereocenters. The van der Waals surface area contributed by atoms with Gasteiger partial charge < -0.3 is 15.0 Å². The van der Waals surface area contributed by atoms with Crippen molar-refractivity contribution in [3.05, 3.63) is 88.4 Å². The lowest BCUT2D eigenvalue weighted by Gasteiger charge is -2.33. The van der Waals surface area contributed by atoms with Gasteiger partial charge in [0.1, 0.15) is 18.3 Å². The number of likely N-dealkylation sites (N-methyl/N-ethyl adjacent to an activating group) is 1. The number of halogens is 2. The van der Waals surface area contributed by atoms with Gasteiger partial charge in [0.05, 0.1) is 17.2 Å². The number of benzene rings is 3. The van der Waals surface area contributed by atoms with Crippen LogP contribution in [0.15, 0.2) is 77.7 Å². The maximum atomic E-state index is 14.0. The first-order valence-corrected chi connectivity index (χ1v) is 15.1. The van der Waals surface area contributed by atoms with Gasteiger partial charge in [-0.1, -0.05) is 54.4 Å². The minimum atomic E-state index is -4.16. The van der Waals surface area contributed by atoms with Crippen LogP contribution in [0, 0.1) is 0 Å². The first kappa shape index (κ1) is 31.3. The Bertz CT molecular complexity index is 1400. The molecule has 3 aromatic carbocycles. The molecule has 8 nitrogen and oxygen atoms in total. The van der Waals surface area contributed by atoms with E-state index >= 15 is 0 Å². The molecule has 3 aromatic rings. The Labute approximate surface area is 245 Å². The van der Waals surface area contributed by atoms with Crippen LogP contribution in [0.3, 0.4) is 0 Å². The highest BCUT2D eigenvalue weighted by molar-refractivity contribution is 7.92. The number of hydrogen-bond donors (Lipinski definition) is 1. The van der Waals surface area contributed by atoms with Crippen LogP contribution >= 0.6 is 23.2 Å². The van der Waals surface area contributed by atoms with Gasteiger partial charge in [-0.2, -0.15) is 0 Å². The van der Waals surface area contributed by atoms with Gasteiger partial charge in [0.25, 0.3) is 10.0 Å². The average Bonchev–Trinajstić information content (AvgIpc) is 2.94. The van der Waals surface area contributed by atoms with Gasteiger partial charge in [0.15, 0.2) is 0 Å². The largest absolute Gasteiger partial charge is 0.494 e. The van der Waals surface area contributed by atoms with Crippen LogP contribution in [-0.4, -0.2) is 50.9 Å². The Morgan fingerprint density at radius 2 is 1.62 bits per heavy atom. The van der Waals surface area contributed by atoms with Crippen molar-refractivity contribution in [1.29, 1.82) is 0 Å². The highest BCUT2D eigenvalue weighted by atomic mass is 35.5. The summed E-state index contributed by atoms with van der Waals surface area (Å²) in [5, 5.41) is 3.53. The second kappa shape index (κ2) is 14.4. The molecule has 0 saturated carbocycles. The van der Waals surface area contributed by atoms with Crippen molar-refractivity contribution in [2.24, 2.45) is 0 Å². The molecule has 0 saturated heterocycles. The summed E-state index contributed by atoms with van der Waals surface area (Å²) in [6.07, 6.45) is 0.303. The minimum absolute atomic E-state index is 0.0209. The molecule has 1 N–H and O–H groups in total. The molecule has 11 heteroatoms. The minimum Gasteiger partial charge on any atom is -0.494 e. The Hall–Kier alpha value is -3.27. The number of hydrogen-bond acceptors (Lipinski definition) is 5. The number of carbonyl (C=O) groups is 2. The quantitative estimate of drug-likeness (QED) is 0.276. The van der Waals surface area contributed by atoms with Gasteiger partial charge in [0.2, 0.25) is 11.8 Å². The zero-order valence-electron chi connectivity index (χ0n) is 22.6. The fraction of sp³-hybridized carbons (Fsp3) is 0.310. The van der Waals surface area contributed by atoms with Crippen LogP contribution < -0.4 is 14.4 Å². The van der Waals surface area contributed by atoms with Crippen molar-refractivity contribution in [2.45, 2.75) is 44.7 Å². The average molecular weight is 607 g/mol. The van der Waals surface area contributed by atoms with E-state index in [-0.39, 0.29) is 23.0 Å². The monoisotopic (exact) mass is 605 g/mol. The Balaban J connectivity index is 2.06. The van der Waals surface area contributed by atoms with E-state index in [1.807, 2.05) is 6.92 Å². The number of amides is 2. The summed E-state index contributed by atoms with van der Waals surface area (Å²) in [5.74, 6) is -0.351. The second-order valence-corrected chi connectivity index (χ2v) is 11.5. The maximum Gasteiger partial charge on any atom is 0.264 e. The lowest BCUT2D eigenvalue weighted by molar-refractivity contribution is -0.140. The number of sulfonamides is 1. The van der Waals surface area contributed by atoms with Gasteiger partial charge >= 0.3 is 0 Å². The third-order valence-corrected chi connectivity index (χ3v) is 8.51. The lowest BCUT2D eigenvalue weighted by atomic mass is 10.1. The first-order valence-electron chi connectivity index (χ1n) is 12.9. The van der Waals surface area contributed by atoms with Crippen LogP contribution in [0.1, 0.15) is 32.8 Å². The zero-order valence-corrected chi connectivity index (χ0v) is 25.0. The summed E-state index contributed by atoms with van der Waals surface area (Å²) in [7, 11) is -4.16. The van der Waals surface area contributed by atoms with Crippen molar-refractivity contribution < 1.29 is 22.7 Å². The van der Waals surface area contributed by atoms with Gasteiger partial charge in [-0.05, 0) is 74.4 Å². The van der Waals surface area contributed by atoms with Crippen LogP contribution in [0.4, 0.5) is 5.69 Å². The van der Waals surface area contributed by atoms with Gasteiger partial charge in [0, 0.05) is 23.1 Å².